The molecule has 28 heavy (non-hydrogen) atoms. The lowest BCUT2D eigenvalue weighted by Crippen LogP contribution is -2.23. The van der Waals surface area contributed by atoms with Gasteiger partial charge >= 0.3 is 5.97 Å². The summed E-state index contributed by atoms with van der Waals surface area (Å²) in [4.78, 5) is 55.7. The van der Waals surface area contributed by atoms with E-state index in [0.717, 1.165) is 23.9 Å². The zero-order valence-electron chi connectivity index (χ0n) is 15.3. The van der Waals surface area contributed by atoms with Gasteiger partial charge in [0.2, 0.25) is 5.91 Å². The monoisotopic (exact) mass is 401 g/mol. The first-order valence-corrected chi connectivity index (χ1v) is 9.68. The third-order valence-corrected chi connectivity index (χ3v) is 5.11. The van der Waals surface area contributed by atoms with Gasteiger partial charge in [0.25, 0.3) is 5.56 Å². The van der Waals surface area contributed by atoms with Crippen LogP contribution in [0.25, 0.3) is 0 Å². The van der Waals surface area contributed by atoms with Gasteiger partial charge in [0.1, 0.15) is 0 Å². The Morgan fingerprint density at radius 2 is 2.00 bits per heavy atom. The van der Waals surface area contributed by atoms with Crippen LogP contribution in [0.15, 0.2) is 40.3 Å². The second kappa shape index (κ2) is 8.83. The molecule has 0 bridgehead atoms. The average molecular weight is 401 g/mol. The molecule has 1 aromatic heterocycles. The van der Waals surface area contributed by atoms with Crippen LogP contribution in [0.4, 0.5) is 5.69 Å². The van der Waals surface area contributed by atoms with Gasteiger partial charge in [-0.25, -0.2) is 4.98 Å². The minimum absolute atomic E-state index is 0.0760. The third-order valence-electron chi connectivity index (χ3n) is 4.24. The van der Waals surface area contributed by atoms with Gasteiger partial charge < -0.3 is 14.6 Å². The molecule has 0 radical (unpaired) electrons. The topological polar surface area (TPSA) is 109 Å². The maximum Gasteiger partial charge on any atom is 0.311 e. The van der Waals surface area contributed by atoms with Crippen molar-refractivity contribution in [2.45, 2.75) is 24.4 Å². The smallest absolute Gasteiger partial charge is 0.311 e. The number of esters is 1. The van der Waals surface area contributed by atoms with Crippen LogP contribution in [-0.4, -0.2) is 47.0 Å². The third kappa shape index (κ3) is 4.86. The highest BCUT2D eigenvalue weighted by atomic mass is 32.2. The number of hydrogen-bond acceptors (Lipinski definition) is 7. The first kappa shape index (κ1) is 19.8. The second-order valence-electron chi connectivity index (χ2n) is 6.20. The number of anilines is 1. The number of nitrogens with zero attached hydrogens (tertiary/aromatic N) is 2. The standard InChI is InChI=1S/C19H19N3O5S/c1-27-18(26)10-13-9-16(24)21-19(20-13)28-11-15(23)12-4-6-14(7-5-12)22-8-2-3-17(22)25/h4-7,9H,2-3,8,10-11H2,1H3,(H,20,21,24). The average Bonchev–Trinajstić information content (AvgIpc) is 3.11. The van der Waals surface area contributed by atoms with Crippen molar-refractivity contribution in [3.05, 3.63) is 51.9 Å². The van der Waals surface area contributed by atoms with Crippen LogP contribution >= 0.6 is 11.8 Å². The largest absolute Gasteiger partial charge is 0.469 e. The Morgan fingerprint density at radius 3 is 2.64 bits per heavy atom. The quantitative estimate of drug-likeness (QED) is 0.325. The van der Waals surface area contributed by atoms with Crippen molar-refractivity contribution in [1.82, 2.24) is 9.97 Å². The number of Topliss-reactive ketones (excluding diaryl/α,β-unsaturated/α-hetero) is 1. The number of nitrogens with one attached hydrogen (secondary N) is 1. The number of carbonyl (C=O) groups excluding carboxylic acids is 3. The number of aromatic nitrogens is 2. The van der Waals surface area contributed by atoms with Gasteiger partial charge in [0, 0.05) is 30.3 Å². The molecule has 1 fully saturated rings. The summed E-state index contributed by atoms with van der Waals surface area (Å²) in [6.45, 7) is 0.697. The van der Waals surface area contributed by atoms with Crippen molar-refractivity contribution in [3.63, 3.8) is 0 Å². The summed E-state index contributed by atoms with van der Waals surface area (Å²) in [5, 5.41) is 0.263. The fraction of sp³-hybridized carbons (Fsp3) is 0.316. The Balaban J connectivity index is 1.63. The Hall–Kier alpha value is -2.94. The summed E-state index contributed by atoms with van der Waals surface area (Å²) >= 11 is 1.08. The molecule has 0 saturated carbocycles. The van der Waals surface area contributed by atoms with Gasteiger partial charge in [-0.05, 0) is 30.7 Å². The number of carbonyl (C=O) groups is 3. The summed E-state index contributed by atoms with van der Waals surface area (Å²) in [7, 11) is 1.26. The number of benzene rings is 1. The summed E-state index contributed by atoms with van der Waals surface area (Å²) in [6, 6.07) is 8.12. The molecule has 3 rings (SSSR count). The van der Waals surface area contributed by atoms with Gasteiger partial charge in [-0.3, -0.25) is 19.2 Å². The van der Waals surface area contributed by atoms with Gasteiger partial charge in [0.15, 0.2) is 10.9 Å². The highest BCUT2D eigenvalue weighted by Crippen LogP contribution is 2.22. The fourth-order valence-corrected chi connectivity index (χ4v) is 3.62. The summed E-state index contributed by atoms with van der Waals surface area (Å²) in [6.07, 6.45) is 1.28. The number of thioether (sulfide) groups is 1. The summed E-state index contributed by atoms with van der Waals surface area (Å²) < 4.78 is 4.57. The Kier molecular flexibility index (Phi) is 6.25. The molecule has 1 aliphatic heterocycles. The van der Waals surface area contributed by atoms with Crippen molar-refractivity contribution in [2.75, 3.05) is 24.3 Å². The molecule has 8 nitrogen and oxygen atoms in total. The summed E-state index contributed by atoms with van der Waals surface area (Å²) in [5.41, 5.74) is 1.18. The number of H-pyrrole nitrogens is 1. The predicted octanol–water partition coefficient (Wildman–Crippen LogP) is 1.59. The Morgan fingerprint density at radius 1 is 1.25 bits per heavy atom. The number of methoxy groups -OCH3 is 1. The van der Waals surface area contributed by atoms with Gasteiger partial charge in [-0.15, -0.1) is 0 Å². The van der Waals surface area contributed by atoms with Crippen LogP contribution in [0.3, 0.4) is 0 Å². The number of ether oxygens (including phenoxy) is 1. The van der Waals surface area contributed by atoms with Gasteiger partial charge in [-0.2, -0.15) is 0 Å². The molecule has 1 aromatic carbocycles. The minimum atomic E-state index is -0.498. The van der Waals surface area contributed by atoms with E-state index in [-0.39, 0.29) is 34.7 Å². The van der Waals surface area contributed by atoms with Crippen LogP contribution in [0.2, 0.25) is 0 Å². The van der Waals surface area contributed by atoms with E-state index in [0.29, 0.717) is 18.5 Å². The zero-order valence-corrected chi connectivity index (χ0v) is 16.1. The van der Waals surface area contributed by atoms with Crippen LogP contribution in [0.1, 0.15) is 28.9 Å². The van der Waals surface area contributed by atoms with E-state index in [9.17, 15) is 19.2 Å². The number of aromatic amines is 1. The number of amides is 1. The highest BCUT2D eigenvalue weighted by Gasteiger charge is 2.21. The number of hydrogen-bond donors (Lipinski definition) is 1. The van der Waals surface area contributed by atoms with E-state index >= 15 is 0 Å². The van der Waals surface area contributed by atoms with E-state index in [4.69, 9.17) is 0 Å². The molecule has 1 saturated heterocycles. The SMILES string of the molecule is COC(=O)Cc1cc(=O)[nH]c(SCC(=O)c2ccc(N3CCCC3=O)cc2)n1. The molecular formula is C19H19N3O5S. The molecule has 2 aromatic rings. The van der Waals surface area contributed by atoms with E-state index in [1.165, 1.54) is 13.2 Å². The molecule has 0 atom stereocenters. The molecule has 1 N–H and O–H groups in total. The fourth-order valence-electron chi connectivity index (χ4n) is 2.83. The van der Waals surface area contributed by atoms with Crippen molar-refractivity contribution < 1.29 is 19.1 Å². The van der Waals surface area contributed by atoms with Crippen molar-refractivity contribution in [2.24, 2.45) is 0 Å². The van der Waals surface area contributed by atoms with Crippen LogP contribution in [0, 0.1) is 0 Å². The van der Waals surface area contributed by atoms with Crippen LogP contribution < -0.4 is 10.5 Å². The van der Waals surface area contributed by atoms with Crippen LogP contribution in [-0.2, 0) is 20.7 Å². The number of rotatable bonds is 7. The van der Waals surface area contributed by atoms with E-state index in [2.05, 4.69) is 14.7 Å². The predicted molar refractivity (Wildman–Crippen MR) is 104 cm³/mol. The molecule has 9 heteroatoms. The minimum Gasteiger partial charge on any atom is -0.469 e. The first-order valence-electron chi connectivity index (χ1n) is 8.70. The van der Waals surface area contributed by atoms with Gasteiger partial charge in [-0.1, -0.05) is 11.8 Å². The lowest BCUT2D eigenvalue weighted by atomic mass is 10.1. The van der Waals surface area contributed by atoms with Gasteiger partial charge in [0.05, 0.1) is 25.0 Å². The maximum absolute atomic E-state index is 12.4. The Bertz CT molecular complexity index is 955. The van der Waals surface area contributed by atoms with E-state index in [1.54, 1.807) is 29.2 Å². The molecular weight excluding hydrogens is 382 g/mol. The highest BCUT2D eigenvalue weighted by molar-refractivity contribution is 7.99. The lowest BCUT2D eigenvalue weighted by molar-refractivity contribution is -0.139. The van der Waals surface area contributed by atoms with Crippen LogP contribution in [0.5, 0.6) is 0 Å². The van der Waals surface area contributed by atoms with E-state index in [1.807, 2.05) is 0 Å². The molecule has 0 spiro atoms. The molecule has 1 aliphatic rings. The second-order valence-corrected chi connectivity index (χ2v) is 7.17. The van der Waals surface area contributed by atoms with Crippen molar-refractivity contribution in [3.8, 4) is 0 Å². The summed E-state index contributed by atoms with van der Waals surface area (Å²) in [5.74, 6) is -0.462. The zero-order chi connectivity index (χ0) is 20.1. The lowest BCUT2D eigenvalue weighted by Gasteiger charge is -2.15. The van der Waals surface area contributed by atoms with Crippen molar-refractivity contribution in [1.29, 1.82) is 0 Å². The molecule has 0 aliphatic carbocycles. The normalized spacial score (nSPS) is 13.6. The molecule has 2 heterocycles. The Labute approximate surface area is 165 Å². The van der Waals surface area contributed by atoms with E-state index < -0.39 is 11.5 Å². The first-order chi connectivity index (χ1) is 13.5. The van der Waals surface area contributed by atoms with Crippen molar-refractivity contribution >= 4 is 35.1 Å². The molecule has 0 unspecified atom stereocenters. The molecule has 1 amide bonds. The maximum atomic E-state index is 12.4. The number of ketones is 1. The molecule has 146 valence electrons.